The minimum absolute atomic E-state index is 0.352. The van der Waals surface area contributed by atoms with E-state index in [-0.39, 0.29) is 0 Å². The zero-order valence-corrected chi connectivity index (χ0v) is 11.7. The summed E-state index contributed by atoms with van der Waals surface area (Å²) in [6.07, 6.45) is 9.04. The molecule has 0 amide bonds. The highest BCUT2D eigenvalue weighted by Crippen LogP contribution is 2.39. The number of ether oxygens (including phenoxy) is 1. The van der Waals surface area contributed by atoms with Crippen molar-refractivity contribution in [3.8, 4) is 5.88 Å². The molecule has 1 N–H and O–H groups in total. The van der Waals surface area contributed by atoms with E-state index in [1.54, 1.807) is 0 Å². The van der Waals surface area contributed by atoms with Crippen LogP contribution in [0.15, 0.2) is 6.07 Å². The molecule has 0 saturated heterocycles. The summed E-state index contributed by atoms with van der Waals surface area (Å²) in [4.78, 5) is 9.17. The Balaban J connectivity index is 1.74. The van der Waals surface area contributed by atoms with Gasteiger partial charge in [0.25, 0.3) is 0 Å². The standard InChI is InChI=1S/C15H23N3O/c1-2-16-13-10-14(18-15(17-13)11-8-9-11)19-12-6-4-3-5-7-12/h10-12H,2-9H2,1H3,(H,16,17,18). The summed E-state index contributed by atoms with van der Waals surface area (Å²) in [5.41, 5.74) is 0. The van der Waals surface area contributed by atoms with Gasteiger partial charge < -0.3 is 10.1 Å². The Morgan fingerprint density at radius 3 is 2.63 bits per heavy atom. The molecule has 1 heterocycles. The maximum absolute atomic E-state index is 6.07. The van der Waals surface area contributed by atoms with Crippen LogP contribution in [-0.2, 0) is 0 Å². The van der Waals surface area contributed by atoms with Gasteiger partial charge in [0.2, 0.25) is 5.88 Å². The summed E-state index contributed by atoms with van der Waals surface area (Å²) in [5, 5.41) is 3.28. The van der Waals surface area contributed by atoms with E-state index in [1.807, 2.05) is 6.07 Å². The Morgan fingerprint density at radius 1 is 1.16 bits per heavy atom. The van der Waals surface area contributed by atoms with Gasteiger partial charge in [-0.15, -0.1) is 0 Å². The Morgan fingerprint density at radius 2 is 1.95 bits per heavy atom. The van der Waals surface area contributed by atoms with Gasteiger partial charge in [-0.1, -0.05) is 6.42 Å². The van der Waals surface area contributed by atoms with Gasteiger partial charge in [-0.3, -0.25) is 0 Å². The zero-order chi connectivity index (χ0) is 13.1. The summed E-state index contributed by atoms with van der Waals surface area (Å²) in [6, 6.07) is 1.95. The third-order valence-electron chi connectivity index (χ3n) is 3.86. The maximum atomic E-state index is 6.07. The van der Waals surface area contributed by atoms with Crippen LogP contribution in [0.3, 0.4) is 0 Å². The molecule has 0 atom stereocenters. The lowest BCUT2D eigenvalue weighted by molar-refractivity contribution is 0.148. The van der Waals surface area contributed by atoms with Crippen molar-refractivity contribution in [3.63, 3.8) is 0 Å². The summed E-state index contributed by atoms with van der Waals surface area (Å²) in [6.45, 7) is 2.96. The van der Waals surface area contributed by atoms with E-state index < -0.39 is 0 Å². The first kappa shape index (κ1) is 12.7. The van der Waals surface area contributed by atoms with Gasteiger partial charge in [0.05, 0.1) is 0 Å². The predicted molar refractivity (Wildman–Crippen MR) is 75.7 cm³/mol. The molecule has 2 fully saturated rings. The molecule has 0 aliphatic heterocycles. The third kappa shape index (κ3) is 3.37. The van der Waals surface area contributed by atoms with Crippen molar-refractivity contribution in [2.45, 2.75) is 63.9 Å². The Bertz CT molecular complexity index is 425. The molecule has 0 unspecified atom stereocenters. The molecule has 0 bridgehead atoms. The normalized spacial score (nSPS) is 20.3. The van der Waals surface area contributed by atoms with Crippen LogP contribution in [0.1, 0.15) is 63.6 Å². The lowest BCUT2D eigenvalue weighted by Gasteiger charge is -2.22. The van der Waals surface area contributed by atoms with Crippen LogP contribution in [0, 0.1) is 0 Å². The number of nitrogens with one attached hydrogen (secondary N) is 1. The van der Waals surface area contributed by atoms with Crippen molar-refractivity contribution < 1.29 is 4.74 Å². The first-order valence-corrected chi connectivity index (χ1v) is 7.64. The van der Waals surface area contributed by atoms with Gasteiger partial charge in [0.15, 0.2) is 0 Å². The molecule has 19 heavy (non-hydrogen) atoms. The van der Waals surface area contributed by atoms with Gasteiger partial charge in [0, 0.05) is 18.5 Å². The number of aromatic nitrogens is 2. The van der Waals surface area contributed by atoms with Crippen molar-refractivity contribution in [2.75, 3.05) is 11.9 Å². The van der Waals surface area contributed by atoms with E-state index in [9.17, 15) is 0 Å². The molecule has 4 nitrogen and oxygen atoms in total. The van der Waals surface area contributed by atoms with Crippen molar-refractivity contribution >= 4 is 5.82 Å². The molecule has 2 aliphatic rings. The van der Waals surface area contributed by atoms with E-state index in [0.29, 0.717) is 12.0 Å². The summed E-state index contributed by atoms with van der Waals surface area (Å²) in [7, 11) is 0. The van der Waals surface area contributed by atoms with Gasteiger partial charge in [-0.25, -0.2) is 4.98 Å². The number of hydrogen-bond donors (Lipinski definition) is 1. The lowest BCUT2D eigenvalue weighted by atomic mass is 9.98. The van der Waals surface area contributed by atoms with Crippen LogP contribution in [0.5, 0.6) is 5.88 Å². The average molecular weight is 261 g/mol. The topological polar surface area (TPSA) is 47.0 Å². The predicted octanol–water partition coefficient (Wildman–Crippen LogP) is 3.50. The quantitative estimate of drug-likeness (QED) is 0.881. The van der Waals surface area contributed by atoms with Crippen LogP contribution >= 0.6 is 0 Å². The highest BCUT2D eigenvalue weighted by molar-refractivity contribution is 5.39. The fourth-order valence-electron chi connectivity index (χ4n) is 2.65. The smallest absolute Gasteiger partial charge is 0.219 e. The molecular formula is C15H23N3O. The summed E-state index contributed by atoms with van der Waals surface area (Å²) >= 11 is 0. The third-order valence-corrected chi connectivity index (χ3v) is 3.86. The molecule has 0 radical (unpaired) electrons. The van der Waals surface area contributed by atoms with E-state index in [4.69, 9.17) is 4.74 Å². The highest BCUT2D eigenvalue weighted by atomic mass is 16.5. The Hall–Kier alpha value is -1.32. The van der Waals surface area contributed by atoms with Gasteiger partial charge >= 0.3 is 0 Å². The fraction of sp³-hybridized carbons (Fsp3) is 0.733. The first-order valence-electron chi connectivity index (χ1n) is 7.64. The Labute approximate surface area is 115 Å². The second kappa shape index (κ2) is 5.76. The van der Waals surface area contributed by atoms with Gasteiger partial charge in [-0.2, -0.15) is 4.98 Å². The van der Waals surface area contributed by atoms with Crippen LogP contribution in [0.2, 0.25) is 0 Å². The van der Waals surface area contributed by atoms with Crippen molar-refractivity contribution in [3.05, 3.63) is 11.9 Å². The monoisotopic (exact) mass is 261 g/mol. The molecule has 1 aromatic heterocycles. The molecule has 3 rings (SSSR count). The SMILES string of the molecule is CCNc1cc(OC2CCCCC2)nc(C2CC2)n1. The number of anilines is 1. The van der Waals surface area contributed by atoms with Crippen molar-refractivity contribution in [1.29, 1.82) is 0 Å². The first-order chi connectivity index (χ1) is 9.35. The fourth-order valence-corrected chi connectivity index (χ4v) is 2.65. The molecule has 104 valence electrons. The molecule has 0 spiro atoms. The van der Waals surface area contributed by atoms with Crippen LogP contribution in [0.25, 0.3) is 0 Å². The highest BCUT2D eigenvalue weighted by Gasteiger charge is 2.28. The van der Waals surface area contributed by atoms with E-state index in [1.165, 1.54) is 44.9 Å². The number of nitrogens with zero attached hydrogens (tertiary/aromatic N) is 2. The number of hydrogen-bond acceptors (Lipinski definition) is 4. The minimum Gasteiger partial charge on any atom is -0.474 e. The molecular weight excluding hydrogens is 238 g/mol. The van der Waals surface area contributed by atoms with Crippen LogP contribution in [-0.4, -0.2) is 22.6 Å². The summed E-state index contributed by atoms with van der Waals surface area (Å²) < 4.78 is 6.07. The van der Waals surface area contributed by atoms with E-state index in [2.05, 4.69) is 22.2 Å². The molecule has 2 aliphatic carbocycles. The van der Waals surface area contributed by atoms with E-state index in [0.717, 1.165) is 24.1 Å². The van der Waals surface area contributed by atoms with Crippen LogP contribution < -0.4 is 10.1 Å². The van der Waals surface area contributed by atoms with Crippen molar-refractivity contribution in [2.24, 2.45) is 0 Å². The maximum Gasteiger partial charge on any atom is 0.219 e. The summed E-state index contributed by atoms with van der Waals surface area (Å²) in [5.74, 6) is 3.20. The molecule has 0 aromatic carbocycles. The number of rotatable bonds is 5. The molecule has 2 saturated carbocycles. The largest absolute Gasteiger partial charge is 0.474 e. The molecule has 4 heteroatoms. The second-order valence-corrected chi connectivity index (χ2v) is 5.63. The van der Waals surface area contributed by atoms with Crippen LogP contribution in [0.4, 0.5) is 5.82 Å². The van der Waals surface area contributed by atoms with Gasteiger partial charge in [0.1, 0.15) is 17.7 Å². The zero-order valence-electron chi connectivity index (χ0n) is 11.7. The Kier molecular flexibility index (Phi) is 3.85. The average Bonchev–Trinajstić information content (AvgIpc) is 3.24. The minimum atomic E-state index is 0.352. The van der Waals surface area contributed by atoms with E-state index >= 15 is 0 Å². The van der Waals surface area contributed by atoms with Crippen molar-refractivity contribution in [1.82, 2.24) is 9.97 Å². The second-order valence-electron chi connectivity index (χ2n) is 5.63. The molecule has 1 aromatic rings. The lowest BCUT2D eigenvalue weighted by Crippen LogP contribution is -2.20. The van der Waals surface area contributed by atoms with Gasteiger partial charge in [-0.05, 0) is 45.4 Å².